The Morgan fingerprint density at radius 3 is 1.22 bits per heavy atom. The minimum absolute atomic E-state index is 0.0458. The SMILES string of the molecule is CC(C)(C)c1cc(-c2cc3ccccc3c3c2CN=C(NC(c2ccccc2)c2ccccc2)NCc2c(-c4cc(C(C)(C)C)cc(C(C)(C)C)c4)cc4ccccc4c2-3)cc(C(C)(C)C)c1. The molecule has 3 nitrogen and oxygen atoms in total. The second kappa shape index (κ2) is 17.3. The molecule has 1 aliphatic rings. The summed E-state index contributed by atoms with van der Waals surface area (Å²) in [5.41, 5.74) is 17.5. The van der Waals surface area contributed by atoms with Crippen LogP contribution in [-0.2, 0) is 34.7 Å². The summed E-state index contributed by atoms with van der Waals surface area (Å²) in [5, 5.41) is 12.9. The molecule has 0 spiro atoms. The van der Waals surface area contributed by atoms with Crippen LogP contribution in [0.4, 0.5) is 0 Å². The fourth-order valence-corrected chi connectivity index (χ4v) is 9.78. The van der Waals surface area contributed by atoms with Crippen LogP contribution in [0.1, 0.15) is 134 Å². The van der Waals surface area contributed by atoms with Crippen LogP contribution in [0.5, 0.6) is 0 Å². The molecule has 0 bridgehead atoms. The second-order valence-electron chi connectivity index (χ2n) is 23.0. The molecule has 1 aliphatic heterocycles. The van der Waals surface area contributed by atoms with E-state index in [0.717, 1.165) is 5.96 Å². The second-order valence-corrected chi connectivity index (χ2v) is 23.0. The average molecular weight is 880 g/mol. The standard InChI is InChI=1S/C64H69N3/c1-61(2,3)47-31-45(32-48(37-47)62(4,5)6)53-35-43-27-19-21-29-51(43)57-55(53)39-65-60(67-59(41-23-15-13-16-24-41)42-25-17-14-18-26-42)66-40-56-54(36-44-28-20-22-30-52(44)58(56)57)46-33-49(63(7,8)9)38-50(34-46)64(10,11)12/h13-38,59H,39-40H2,1-12H3,(H2,65,66,67). The number of nitrogens with zero attached hydrogens (tertiary/aromatic N) is 1. The smallest absolute Gasteiger partial charge is 0.192 e. The van der Waals surface area contributed by atoms with Gasteiger partial charge in [0.1, 0.15) is 0 Å². The lowest BCUT2D eigenvalue weighted by Crippen LogP contribution is -2.39. The van der Waals surface area contributed by atoms with Crippen molar-refractivity contribution in [3.63, 3.8) is 0 Å². The Morgan fingerprint density at radius 2 is 0.806 bits per heavy atom. The number of fused-ring (bicyclic) bond motifs is 7. The number of rotatable bonds is 5. The number of benzene rings is 8. The molecule has 0 radical (unpaired) electrons. The fourth-order valence-electron chi connectivity index (χ4n) is 9.78. The molecular formula is C64H69N3. The summed E-state index contributed by atoms with van der Waals surface area (Å²) in [4.78, 5) is 5.66. The maximum atomic E-state index is 5.66. The lowest BCUT2D eigenvalue weighted by atomic mass is 9.76. The fraction of sp³-hybridized carbons (Fsp3) is 0.297. The lowest BCUT2D eigenvalue weighted by molar-refractivity contribution is 0.568. The summed E-state index contributed by atoms with van der Waals surface area (Å²) >= 11 is 0. The monoisotopic (exact) mass is 880 g/mol. The van der Waals surface area contributed by atoms with Gasteiger partial charge in [0.2, 0.25) is 0 Å². The van der Waals surface area contributed by atoms with Crippen LogP contribution < -0.4 is 10.6 Å². The van der Waals surface area contributed by atoms with E-state index in [4.69, 9.17) is 4.99 Å². The van der Waals surface area contributed by atoms with Crippen molar-refractivity contribution in [2.45, 2.75) is 124 Å². The molecule has 1 heterocycles. The van der Waals surface area contributed by atoms with E-state index >= 15 is 0 Å². The first-order chi connectivity index (χ1) is 31.7. The molecular weight excluding hydrogens is 811 g/mol. The quantitative estimate of drug-likeness (QED) is 0.181. The van der Waals surface area contributed by atoms with Gasteiger partial charge < -0.3 is 10.6 Å². The highest BCUT2D eigenvalue weighted by Crippen LogP contribution is 2.48. The molecule has 0 unspecified atom stereocenters. The summed E-state index contributed by atoms with van der Waals surface area (Å²) in [6, 6.07) is 59.1. The largest absolute Gasteiger partial charge is 0.352 e. The van der Waals surface area contributed by atoms with Crippen LogP contribution in [0.3, 0.4) is 0 Å². The van der Waals surface area contributed by atoms with Crippen molar-refractivity contribution in [2.24, 2.45) is 4.99 Å². The highest BCUT2D eigenvalue weighted by Gasteiger charge is 2.29. The Morgan fingerprint density at radius 1 is 0.433 bits per heavy atom. The third kappa shape index (κ3) is 9.31. The molecule has 0 aliphatic carbocycles. The Balaban J connectivity index is 1.41. The molecule has 8 aromatic carbocycles. The minimum atomic E-state index is -0.129. The zero-order chi connectivity index (χ0) is 47.5. The van der Waals surface area contributed by atoms with Crippen LogP contribution in [0.2, 0.25) is 0 Å². The van der Waals surface area contributed by atoms with Gasteiger partial charge >= 0.3 is 0 Å². The zero-order valence-electron chi connectivity index (χ0n) is 41.9. The van der Waals surface area contributed by atoms with Crippen molar-refractivity contribution < 1.29 is 0 Å². The van der Waals surface area contributed by atoms with E-state index in [1.807, 2.05) is 0 Å². The predicted octanol–water partition coefficient (Wildman–Crippen LogP) is 16.5. The molecule has 0 saturated heterocycles. The number of hydrogen-bond acceptors (Lipinski definition) is 3. The van der Waals surface area contributed by atoms with Gasteiger partial charge in [-0.1, -0.05) is 229 Å². The summed E-state index contributed by atoms with van der Waals surface area (Å²) in [7, 11) is 0. The molecule has 9 rings (SSSR count). The van der Waals surface area contributed by atoms with Crippen LogP contribution >= 0.6 is 0 Å². The Hall–Kier alpha value is -6.45. The van der Waals surface area contributed by atoms with Gasteiger partial charge in [-0.05, 0) is 133 Å². The van der Waals surface area contributed by atoms with Gasteiger partial charge in [-0.2, -0.15) is 0 Å². The molecule has 340 valence electrons. The number of aliphatic imine (C=N–C) groups is 1. The van der Waals surface area contributed by atoms with Crippen LogP contribution in [0.15, 0.2) is 163 Å². The average Bonchev–Trinajstić information content (AvgIpc) is 3.37. The summed E-state index contributed by atoms with van der Waals surface area (Å²) in [6.45, 7) is 29.1. The van der Waals surface area contributed by atoms with E-state index < -0.39 is 0 Å². The Bertz CT molecular complexity index is 3040. The molecule has 0 atom stereocenters. The molecule has 8 aromatic rings. The van der Waals surface area contributed by atoms with Crippen molar-refractivity contribution in [3.8, 4) is 33.4 Å². The topological polar surface area (TPSA) is 36.4 Å². The van der Waals surface area contributed by atoms with Gasteiger partial charge in [-0.15, -0.1) is 0 Å². The van der Waals surface area contributed by atoms with E-state index in [2.05, 4.69) is 251 Å². The van der Waals surface area contributed by atoms with Crippen LogP contribution in [0.25, 0.3) is 54.9 Å². The van der Waals surface area contributed by atoms with Crippen molar-refractivity contribution >= 4 is 27.5 Å². The maximum absolute atomic E-state index is 5.66. The van der Waals surface area contributed by atoms with E-state index in [9.17, 15) is 0 Å². The third-order valence-corrected chi connectivity index (χ3v) is 13.9. The van der Waals surface area contributed by atoms with Gasteiger partial charge in [-0.25, -0.2) is 4.99 Å². The van der Waals surface area contributed by atoms with E-state index in [-0.39, 0.29) is 27.7 Å². The molecule has 0 amide bonds. The van der Waals surface area contributed by atoms with Crippen molar-refractivity contribution in [3.05, 3.63) is 202 Å². The van der Waals surface area contributed by atoms with Crippen molar-refractivity contribution in [1.29, 1.82) is 0 Å². The van der Waals surface area contributed by atoms with E-state index in [1.165, 1.54) is 99.4 Å². The summed E-state index contributed by atoms with van der Waals surface area (Å²) < 4.78 is 0. The molecule has 3 heteroatoms. The Kier molecular flexibility index (Phi) is 11.8. The first-order valence-electron chi connectivity index (χ1n) is 24.3. The highest BCUT2D eigenvalue weighted by molar-refractivity contribution is 6.12. The normalized spacial score (nSPS) is 13.6. The molecule has 0 saturated carbocycles. The highest BCUT2D eigenvalue weighted by atomic mass is 15.2. The molecule has 67 heavy (non-hydrogen) atoms. The van der Waals surface area contributed by atoms with Crippen molar-refractivity contribution in [1.82, 2.24) is 10.6 Å². The zero-order valence-corrected chi connectivity index (χ0v) is 41.9. The van der Waals surface area contributed by atoms with E-state index in [1.54, 1.807) is 0 Å². The van der Waals surface area contributed by atoms with Crippen molar-refractivity contribution in [2.75, 3.05) is 0 Å². The van der Waals surface area contributed by atoms with Gasteiger partial charge in [0.15, 0.2) is 5.96 Å². The minimum Gasteiger partial charge on any atom is -0.352 e. The maximum Gasteiger partial charge on any atom is 0.192 e. The molecule has 2 N–H and O–H groups in total. The van der Waals surface area contributed by atoms with Gasteiger partial charge in [0.25, 0.3) is 0 Å². The number of guanidine groups is 1. The van der Waals surface area contributed by atoms with Gasteiger partial charge in [-0.3, -0.25) is 0 Å². The third-order valence-electron chi connectivity index (χ3n) is 13.9. The van der Waals surface area contributed by atoms with Crippen LogP contribution in [0, 0.1) is 0 Å². The summed E-state index contributed by atoms with van der Waals surface area (Å²) in [6.07, 6.45) is 0. The molecule has 0 fully saturated rings. The number of nitrogens with one attached hydrogen (secondary N) is 2. The van der Waals surface area contributed by atoms with Gasteiger partial charge in [0.05, 0.1) is 12.6 Å². The van der Waals surface area contributed by atoms with E-state index in [0.29, 0.717) is 13.1 Å². The first-order valence-corrected chi connectivity index (χ1v) is 24.3. The van der Waals surface area contributed by atoms with Gasteiger partial charge in [0, 0.05) is 6.54 Å². The Labute approximate surface area is 400 Å². The first kappa shape index (κ1) is 45.7. The molecule has 0 aromatic heterocycles. The number of hydrogen-bond donors (Lipinski definition) is 2. The van der Waals surface area contributed by atoms with Crippen LogP contribution in [-0.4, -0.2) is 5.96 Å². The summed E-state index contributed by atoms with van der Waals surface area (Å²) in [5.74, 6) is 0.771. The lowest BCUT2D eigenvalue weighted by Gasteiger charge is -2.28. The predicted molar refractivity (Wildman–Crippen MR) is 288 cm³/mol.